The van der Waals surface area contributed by atoms with Crippen LogP contribution in [0.1, 0.15) is 11.1 Å². The Labute approximate surface area is 226 Å². The molecule has 0 aliphatic heterocycles. The summed E-state index contributed by atoms with van der Waals surface area (Å²) in [5.74, 6) is 5.19. The lowest BCUT2D eigenvalue weighted by atomic mass is 10.2. The summed E-state index contributed by atoms with van der Waals surface area (Å²) in [6, 6.07) is 26.3. The molecular formula is C32H20N2O6. The number of hydrogen-bond acceptors (Lipinski definition) is 8. The summed E-state index contributed by atoms with van der Waals surface area (Å²) in [5.41, 5.74) is 5.19. The van der Waals surface area contributed by atoms with Gasteiger partial charge in [-0.25, -0.2) is 9.97 Å². The first-order chi connectivity index (χ1) is 19.6. The van der Waals surface area contributed by atoms with E-state index in [2.05, 4.69) is 9.97 Å². The third-order valence-corrected chi connectivity index (χ3v) is 6.66. The average Bonchev–Trinajstić information content (AvgIpc) is 3.78. The normalized spacial score (nSPS) is 11.8. The van der Waals surface area contributed by atoms with Crippen LogP contribution in [-0.2, 0) is 0 Å². The van der Waals surface area contributed by atoms with Crippen LogP contribution in [0.4, 0.5) is 0 Å². The van der Waals surface area contributed by atoms with Gasteiger partial charge in [0.25, 0.3) is 11.8 Å². The monoisotopic (exact) mass is 528 g/mol. The standard InChI is InChI=1S/C32H20N2O6/c1-17-3-5-19-29(15-17)39-31(33-19)27-13-11-25(37-27)23-9-7-21(35-23)22-8-10-24(36-22)26-12-14-28(38-26)32-34-20-6-4-18(2)16-30(20)40-32/h3-16H,1-2H3. The minimum atomic E-state index is 0.417. The lowest BCUT2D eigenvalue weighted by Crippen LogP contribution is -1.72. The Bertz CT molecular complexity index is 2010. The Balaban J connectivity index is 1.03. The van der Waals surface area contributed by atoms with Crippen LogP contribution in [0.5, 0.6) is 0 Å². The summed E-state index contributed by atoms with van der Waals surface area (Å²) in [4.78, 5) is 9.05. The zero-order valence-corrected chi connectivity index (χ0v) is 21.4. The first-order valence-corrected chi connectivity index (χ1v) is 12.7. The molecule has 0 bridgehead atoms. The molecule has 6 heterocycles. The van der Waals surface area contributed by atoms with Crippen molar-refractivity contribution in [2.24, 2.45) is 0 Å². The molecule has 0 radical (unpaired) electrons. The van der Waals surface area contributed by atoms with Crippen molar-refractivity contribution >= 4 is 22.2 Å². The molecule has 8 rings (SSSR count). The molecule has 8 nitrogen and oxygen atoms in total. The number of hydrogen-bond donors (Lipinski definition) is 0. The van der Waals surface area contributed by atoms with Gasteiger partial charge in [0.15, 0.2) is 57.2 Å². The summed E-state index contributed by atoms with van der Waals surface area (Å²) in [6.45, 7) is 4.02. The minimum absolute atomic E-state index is 0.417. The molecule has 8 heteroatoms. The van der Waals surface area contributed by atoms with Gasteiger partial charge in [-0.15, -0.1) is 0 Å². The van der Waals surface area contributed by atoms with Crippen molar-refractivity contribution in [3.05, 3.63) is 96.1 Å². The second kappa shape index (κ2) is 8.51. The fourth-order valence-electron chi connectivity index (χ4n) is 4.65. The number of nitrogens with zero attached hydrogens (tertiary/aromatic N) is 2. The van der Waals surface area contributed by atoms with E-state index in [-0.39, 0.29) is 0 Å². The molecule has 0 fully saturated rings. The molecular weight excluding hydrogens is 508 g/mol. The number of benzene rings is 2. The molecule has 0 spiro atoms. The summed E-state index contributed by atoms with van der Waals surface area (Å²) in [7, 11) is 0. The maximum atomic E-state index is 6.05. The van der Waals surface area contributed by atoms with E-state index in [9.17, 15) is 0 Å². The number of aryl methyl sites for hydroxylation is 2. The van der Waals surface area contributed by atoms with Crippen LogP contribution in [0.15, 0.2) is 111 Å². The van der Waals surface area contributed by atoms with E-state index >= 15 is 0 Å². The number of aromatic nitrogens is 2. The smallest absolute Gasteiger partial charge is 0.263 e. The van der Waals surface area contributed by atoms with Crippen LogP contribution < -0.4 is 0 Å². The summed E-state index contributed by atoms with van der Waals surface area (Å²) in [6.07, 6.45) is 0. The highest BCUT2D eigenvalue weighted by Crippen LogP contribution is 2.36. The van der Waals surface area contributed by atoms with Gasteiger partial charge in [0.2, 0.25) is 0 Å². The van der Waals surface area contributed by atoms with E-state index in [4.69, 9.17) is 26.5 Å². The van der Waals surface area contributed by atoms with Crippen LogP contribution in [0.25, 0.3) is 80.1 Å². The van der Waals surface area contributed by atoms with Crippen molar-refractivity contribution in [3.63, 3.8) is 0 Å². The molecule has 0 amide bonds. The molecule has 0 saturated carbocycles. The largest absolute Gasteiger partial charge is 0.450 e. The molecule has 2 aromatic carbocycles. The topological polar surface area (TPSA) is 105 Å². The lowest BCUT2D eigenvalue weighted by Gasteiger charge is -1.94. The predicted octanol–water partition coefficient (Wildman–Crippen LogP) is 9.29. The van der Waals surface area contributed by atoms with Gasteiger partial charge < -0.3 is 26.5 Å². The van der Waals surface area contributed by atoms with Gasteiger partial charge in [-0.1, -0.05) is 12.1 Å². The maximum absolute atomic E-state index is 6.05. The highest BCUT2D eigenvalue weighted by atomic mass is 16.4. The van der Waals surface area contributed by atoms with E-state index < -0.39 is 0 Å². The summed E-state index contributed by atoms with van der Waals surface area (Å²) >= 11 is 0. The van der Waals surface area contributed by atoms with Crippen LogP contribution in [0, 0.1) is 13.8 Å². The third-order valence-electron chi connectivity index (χ3n) is 6.66. The molecule has 0 aliphatic carbocycles. The van der Waals surface area contributed by atoms with Crippen molar-refractivity contribution in [3.8, 4) is 57.9 Å². The van der Waals surface area contributed by atoms with Crippen molar-refractivity contribution in [2.75, 3.05) is 0 Å². The zero-order chi connectivity index (χ0) is 26.8. The average molecular weight is 529 g/mol. The van der Waals surface area contributed by atoms with E-state index in [0.717, 1.165) is 33.3 Å². The van der Waals surface area contributed by atoms with E-state index in [1.54, 1.807) is 0 Å². The van der Waals surface area contributed by atoms with Crippen LogP contribution in [0.3, 0.4) is 0 Å². The Hall–Kier alpha value is -5.50. The molecule has 40 heavy (non-hydrogen) atoms. The fourth-order valence-corrected chi connectivity index (χ4v) is 4.65. The van der Waals surface area contributed by atoms with Gasteiger partial charge in [-0.05, 0) is 97.8 Å². The fraction of sp³-hybridized carbons (Fsp3) is 0.0625. The lowest BCUT2D eigenvalue weighted by molar-refractivity contribution is 0.496. The molecule has 0 aliphatic rings. The molecule has 0 saturated heterocycles. The van der Waals surface area contributed by atoms with Gasteiger partial charge in [0.1, 0.15) is 11.0 Å². The number of furan rings is 4. The van der Waals surface area contributed by atoms with Crippen LogP contribution in [-0.4, -0.2) is 9.97 Å². The van der Waals surface area contributed by atoms with Gasteiger partial charge in [-0.3, -0.25) is 0 Å². The maximum Gasteiger partial charge on any atom is 0.263 e. The van der Waals surface area contributed by atoms with Crippen molar-refractivity contribution in [1.29, 1.82) is 0 Å². The summed E-state index contributed by atoms with van der Waals surface area (Å²) < 4.78 is 35.9. The molecule has 6 aromatic heterocycles. The SMILES string of the molecule is Cc1ccc2nc(-c3ccc(-c4ccc(-c5ccc(-c6ccc(-c7nc8ccc(C)cc8o7)o6)o5)o4)o3)oc2c1. The van der Waals surface area contributed by atoms with Crippen molar-refractivity contribution < 1.29 is 26.5 Å². The first kappa shape index (κ1) is 22.5. The third kappa shape index (κ3) is 3.77. The number of fused-ring (bicyclic) bond motifs is 2. The van der Waals surface area contributed by atoms with Gasteiger partial charge in [0, 0.05) is 0 Å². The molecule has 0 unspecified atom stereocenters. The molecule has 194 valence electrons. The summed E-state index contributed by atoms with van der Waals surface area (Å²) in [5, 5.41) is 0. The van der Waals surface area contributed by atoms with Gasteiger partial charge in [-0.2, -0.15) is 0 Å². The zero-order valence-electron chi connectivity index (χ0n) is 21.4. The van der Waals surface area contributed by atoms with Crippen molar-refractivity contribution in [1.82, 2.24) is 9.97 Å². The molecule has 0 atom stereocenters. The highest BCUT2D eigenvalue weighted by Gasteiger charge is 2.19. The van der Waals surface area contributed by atoms with E-state index in [1.165, 1.54) is 0 Å². The minimum Gasteiger partial charge on any atom is -0.450 e. The first-order valence-electron chi connectivity index (χ1n) is 12.7. The van der Waals surface area contributed by atoms with Gasteiger partial charge >= 0.3 is 0 Å². The Morgan fingerprint density at radius 1 is 0.375 bits per heavy atom. The molecule has 8 aromatic rings. The van der Waals surface area contributed by atoms with E-state index in [0.29, 0.717) is 57.9 Å². The van der Waals surface area contributed by atoms with E-state index in [1.807, 2.05) is 98.8 Å². The Morgan fingerprint density at radius 3 is 1.07 bits per heavy atom. The van der Waals surface area contributed by atoms with Gasteiger partial charge in [0.05, 0.1) is 0 Å². The predicted molar refractivity (Wildman–Crippen MR) is 147 cm³/mol. The number of rotatable bonds is 5. The second-order valence-electron chi connectivity index (χ2n) is 9.64. The highest BCUT2D eigenvalue weighted by molar-refractivity contribution is 5.77. The number of oxazole rings is 2. The molecule has 0 N–H and O–H groups in total. The second-order valence-corrected chi connectivity index (χ2v) is 9.64. The van der Waals surface area contributed by atoms with Crippen molar-refractivity contribution in [2.45, 2.75) is 13.8 Å². The Kier molecular flexibility index (Phi) is 4.78. The Morgan fingerprint density at radius 2 is 0.700 bits per heavy atom. The van der Waals surface area contributed by atoms with Crippen LogP contribution >= 0.6 is 0 Å². The quantitative estimate of drug-likeness (QED) is 0.218. The van der Waals surface area contributed by atoms with Crippen LogP contribution in [0.2, 0.25) is 0 Å².